The zero-order valence-corrected chi connectivity index (χ0v) is 13.7. The number of rotatable bonds is 5. The maximum absolute atomic E-state index is 12.0. The number of thiazole rings is 1. The Morgan fingerprint density at radius 3 is 2.58 bits per heavy atom. The molecule has 1 aromatic heterocycles. The Balaban J connectivity index is 1.59. The molecule has 3 rings (SSSR count). The Hall–Kier alpha value is -2.97. The van der Waals surface area contributed by atoms with Gasteiger partial charge in [0.1, 0.15) is 0 Å². The summed E-state index contributed by atoms with van der Waals surface area (Å²) in [6.45, 7) is 0. The summed E-state index contributed by atoms with van der Waals surface area (Å²) < 4.78 is 0. The van der Waals surface area contributed by atoms with Gasteiger partial charge in [-0.25, -0.2) is 4.98 Å². The third-order valence-corrected chi connectivity index (χ3v) is 4.30. The molecule has 0 saturated heterocycles. The number of amides is 1. The van der Waals surface area contributed by atoms with E-state index >= 15 is 0 Å². The van der Waals surface area contributed by atoms with Crippen molar-refractivity contribution in [2.75, 3.05) is 5.32 Å². The van der Waals surface area contributed by atoms with Crippen LogP contribution >= 0.6 is 11.3 Å². The second-order valence-electron chi connectivity index (χ2n) is 5.26. The second-order valence-corrected chi connectivity index (χ2v) is 6.12. The van der Waals surface area contributed by atoms with Crippen LogP contribution in [0.2, 0.25) is 0 Å². The van der Waals surface area contributed by atoms with Gasteiger partial charge >= 0.3 is 0 Å². The highest BCUT2D eigenvalue weighted by atomic mass is 32.1. The first-order valence-corrected chi connectivity index (χ1v) is 8.42. The zero-order chi connectivity index (χ0) is 16.8. The number of carbonyl (C=O) groups excluding carboxylic acids is 1. The Bertz CT molecular complexity index is 864. The molecule has 0 spiro atoms. The van der Waals surface area contributed by atoms with Crippen LogP contribution in [0, 0.1) is 11.3 Å². The van der Waals surface area contributed by atoms with Crippen LogP contribution in [-0.2, 0) is 11.2 Å². The minimum Gasteiger partial charge on any atom is -0.302 e. The molecular formula is C19H15N3OS. The monoisotopic (exact) mass is 333 g/mol. The van der Waals surface area contributed by atoms with Crippen LogP contribution in [-0.4, -0.2) is 10.9 Å². The van der Waals surface area contributed by atoms with Gasteiger partial charge in [-0.2, -0.15) is 5.26 Å². The van der Waals surface area contributed by atoms with E-state index in [1.54, 1.807) is 12.1 Å². The molecule has 0 atom stereocenters. The highest BCUT2D eigenvalue weighted by Crippen LogP contribution is 2.25. The highest BCUT2D eigenvalue weighted by molar-refractivity contribution is 7.14. The number of nitrogens with one attached hydrogen (secondary N) is 1. The van der Waals surface area contributed by atoms with Crippen molar-refractivity contribution in [1.82, 2.24) is 4.98 Å². The highest BCUT2D eigenvalue weighted by Gasteiger charge is 2.08. The molecule has 0 unspecified atom stereocenters. The van der Waals surface area contributed by atoms with E-state index in [1.165, 1.54) is 11.3 Å². The smallest absolute Gasteiger partial charge is 0.226 e. The van der Waals surface area contributed by atoms with Crippen LogP contribution in [0.4, 0.5) is 5.13 Å². The largest absolute Gasteiger partial charge is 0.302 e. The second kappa shape index (κ2) is 7.53. The lowest BCUT2D eigenvalue weighted by atomic mass is 10.1. The standard InChI is InChI=1S/C19H15N3OS/c20-12-15-6-9-16(10-7-15)17-13-24-19(21-17)22-18(23)11-8-14-4-2-1-3-5-14/h1-7,9-10,13H,8,11H2,(H,21,22,23). The summed E-state index contributed by atoms with van der Waals surface area (Å²) in [4.78, 5) is 16.5. The fourth-order valence-corrected chi connectivity index (χ4v) is 3.00. The van der Waals surface area contributed by atoms with Crippen molar-refractivity contribution in [2.24, 2.45) is 0 Å². The van der Waals surface area contributed by atoms with Gasteiger partial charge in [0.15, 0.2) is 5.13 Å². The van der Waals surface area contributed by atoms with Crippen molar-refractivity contribution in [2.45, 2.75) is 12.8 Å². The summed E-state index contributed by atoms with van der Waals surface area (Å²) in [5.74, 6) is -0.0421. The maximum atomic E-state index is 12.0. The van der Waals surface area contributed by atoms with Gasteiger partial charge in [-0.05, 0) is 24.1 Å². The van der Waals surface area contributed by atoms with Gasteiger partial charge in [0, 0.05) is 17.4 Å². The maximum Gasteiger partial charge on any atom is 0.226 e. The van der Waals surface area contributed by atoms with E-state index in [2.05, 4.69) is 16.4 Å². The Morgan fingerprint density at radius 2 is 1.88 bits per heavy atom. The lowest BCUT2D eigenvalue weighted by Crippen LogP contribution is -2.12. The SMILES string of the molecule is N#Cc1ccc(-c2csc(NC(=O)CCc3ccccc3)n2)cc1. The molecule has 3 aromatic rings. The molecule has 0 fully saturated rings. The number of hydrogen-bond donors (Lipinski definition) is 1. The van der Waals surface area contributed by atoms with E-state index in [4.69, 9.17) is 5.26 Å². The first kappa shape index (κ1) is 15.9. The van der Waals surface area contributed by atoms with Crippen LogP contribution in [0.15, 0.2) is 60.0 Å². The molecule has 1 heterocycles. The third-order valence-electron chi connectivity index (χ3n) is 3.54. The Labute approximate surface area is 144 Å². The zero-order valence-electron chi connectivity index (χ0n) is 12.9. The summed E-state index contributed by atoms with van der Waals surface area (Å²) >= 11 is 1.40. The molecule has 0 aliphatic carbocycles. The number of carbonyl (C=O) groups is 1. The molecule has 118 valence electrons. The van der Waals surface area contributed by atoms with Crippen molar-refractivity contribution >= 4 is 22.4 Å². The van der Waals surface area contributed by atoms with Crippen molar-refractivity contribution < 1.29 is 4.79 Å². The number of anilines is 1. The van der Waals surface area contributed by atoms with Crippen molar-refractivity contribution in [1.29, 1.82) is 5.26 Å². The number of aryl methyl sites for hydroxylation is 1. The molecule has 0 bridgehead atoms. The summed E-state index contributed by atoms with van der Waals surface area (Å²) in [7, 11) is 0. The average molecular weight is 333 g/mol. The van der Waals surface area contributed by atoms with Gasteiger partial charge in [0.05, 0.1) is 17.3 Å². The minimum atomic E-state index is -0.0421. The first-order chi connectivity index (χ1) is 11.7. The molecule has 24 heavy (non-hydrogen) atoms. The fraction of sp³-hybridized carbons (Fsp3) is 0.105. The van der Waals surface area contributed by atoms with Gasteiger partial charge in [-0.3, -0.25) is 4.79 Å². The van der Waals surface area contributed by atoms with E-state index in [-0.39, 0.29) is 5.91 Å². The van der Waals surface area contributed by atoms with Gasteiger partial charge in [-0.1, -0.05) is 42.5 Å². The topological polar surface area (TPSA) is 65.8 Å². The van der Waals surface area contributed by atoms with Crippen LogP contribution in [0.25, 0.3) is 11.3 Å². The van der Waals surface area contributed by atoms with Crippen molar-refractivity contribution in [3.63, 3.8) is 0 Å². The minimum absolute atomic E-state index is 0.0421. The van der Waals surface area contributed by atoms with Crippen LogP contribution in [0.1, 0.15) is 17.5 Å². The number of nitrogens with zero attached hydrogens (tertiary/aromatic N) is 2. The van der Waals surface area contributed by atoms with Crippen molar-refractivity contribution in [3.8, 4) is 17.3 Å². The third kappa shape index (κ3) is 4.06. The molecule has 1 N–H and O–H groups in total. The molecule has 0 radical (unpaired) electrons. The number of aromatic nitrogens is 1. The van der Waals surface area contributed by atoms with E-state index in [0.717, 1.165) is 16.8 Å². The number of nitriles is 1. The van der Waals surface area contributed by atoms with Gasteiger partial charge < -0.3 is 5.32 Å². The van der Waals surface area contributed by atoms with Crippen molar-refractivity contribution in [3.05, 3.63) is 71.1 Å². The quantitative estimate of drug-likeness (QED) is 0.759. The van der Waals surface area contributed by atoms with Gasteiger partial charge in [0.25, 0.3) is 0 Å². The summed E-state index contributed by atoms with van der Waals surface area (Å²) in [5, 5.41) is 14.2. The van der Waals surface area contributed by atoms with Gasteiger partial charge in [0.2, 0.25) is 5.91 Å². The van der Waals surface area contributed by atoms with Crippen LogP contribution in [0.3, 0.4) is 0 Å². The number of hydrogen-bond acceptors (Lipinski definition) is 4. The molecule has 0 saturated carbocycles. The van der Waals surface area contributed by atoms with Crippen LogP contribution < -0.4 is 5.32 Å². The lowest BCUT2D eigenvalue weighted by molar-refractivity contribution is -0.116. The summed E-state index contributed by atoms with van der Waals surface area (Å²) in [6.07, 6.45) is 1.14. The lowest BCUT2D eigenvalue weighted by Gasteiger charge is -2.02. The summed E-state index contributed by atoms with van der Waals surface area (Å²) in [5.41, 5.74) is 3.48. The van der Waals surface area contributed by atoms with E-state index < -0.39 is 0 Å². The number of benzene rings is 2. The Morgan fingerprint density at radius 1 is 1.12 bits per heavy atom. The molecular weight excluding hydrogens is 318 g/mol. The predicted molar refractivity (Wildman–Crippen MR) is 95.7 cm³/mol. The van der Waals surface area contributed by atoms with Crippen LogP contribution in [0.5, 0.6) is 0 Å². The Kier molecular flexibility index (Phi) is 4.99. The van der Waals surface area contributed by atoms with E-state index in [1.807, 2.05) is 47.8 Å². The average Bonchev–Trinajstić information content (AvgIpc) is 3.09. The fourth-order valence-electron chi connectivity index (χ4n) is 2.26. The molecule has 4 nitrogen and oxygen atoms in total. The molecule has 0 aliphatic rings. The van der Waals surface area contributed by atoms with Gasteiger partial charge in [-0.15, -0.1) is 11.3 Å². The van der Waals surface area contributed by atoms with E-state index in [9.17, 15) is 4.79 Å². The molecule has 1 amide bonds. The summed E-state index contributed by atoms with van der Waals surface area (Å²) in [6, 6.07) is 19.2. The molecule has 0 aliphatic heterocycles. The normalized spacial score (nSPS) is 10.1. The predicted octanol–water partition coefficient (Wildman–Crippen LogP) is 4.25. The first-order valence-electron chi connectivity index (χ1n) is 7.54. The van der Waals surface area contributed by atoms with E-state index in [0.29, 0.717) is 23.5 Å². The molecule has 5 heteroatoms. The molecule has 2 aromatic carbocycles.